The van der Waals surface area contributed by atoms with Crippen LogP contribution in [0.1, 0.15) is 64.2 Å². The molecule has 0 amide bonds. The molecule has 8 nitrogen and oxygen atoms in total. The van der Waals surface area contributed by atoms with Crippen LogP contribution in [-0.4, -0.2) is 51.1 Å². The van der Waals surface area contributed by atoms with Crippen molar-refractivity contribution < 1.29 is 0 Å². The minimum atomic E-state index is 0.627. The zero-order chi connectivity index (χ0) is 22.4. The van der Waals surface area contributed by atoms with E-state index in [1.165, 1.54) is 51.4 Å². The van der Waals surface area contributed by atoms with Crippen LogP contribution in [0.15, 0.2) is 24.3 Å². The van der Waals surface area contributed by atoms with Gasteiger partial charge in [0.25, 0.3) is 0 Å². The number of nitrogens with zero attached hydrogens (tertiary/aromatic N) is 8. The van der Waals surface area contributed by atoms with Gasteiger partial charge in [0.15, 0.2) is 0 Å². The maximum absolute atomic E-state index is 4.55. The second kappa shape index (κ2) is 14.5. The average molecular weight is 568 g/mol. The smallest absolute Gasteiger partial charge is 0.164 e. The summed E-state index contributed by atoms with van der Waals surface area (Å²) in [6.07, 6.45) is 12.0. The van der Waals surface area contributed by atoms with Crippen molar-refractivity contribution in [1.82, 2.24) is 40.4 Å². The number of tetrazole rings is 2. The molecule has 0 unspecified atom stereocenters. The lowest BCUT2D eigenvalue weighted by Crippen LogP contribution is -2.02. The molecule has 0 bridgehead atoms. The molecule has 174 valence electrons. The van der Waals surface area contributed by atoms with Crippen LogP contribution < -0.4 is 0 Å². The van der Waals surface area contributed by atoms with Crippen LogP contribution in [0, 0.1) is 0 Å². The number of halogens is 2. The molecular formula is C22H32Br2N8. The molecule has 2 aromatic heterocycles. The number of benzene rings is 1. The molecule has 0 saturated carbocycles. The maximum Gasteiger partial charge on any atom is 0.204 e. The highest BCUT2D eigenvalue weighted by Gasteiger charge is 2.11. The number of aryl methyl sites for hydroxylation is 2. The monoisotopic (exact) mass is 566 g/mol. The van der Waals surface area contributed by atoms with Crippen molar-refractivity contribution in [3.8, 4) is 22.8 Å². The van der Waals surface area contributed by atoms with Crippen molar-refractivity contribution >= 4 is 31.9 Å². The van der Waals surface area contributed by atoms with Crippen molar-refractivity contribution in [3.05, 3.63) is 24.3 Å². The molecule has 1 aromatic carbocycles. The summed E-state index contributed by atoms with van der Waals surface area (Å²) >= 11 is 6.95. The Balaban J connectivity index is 1.50. The Hall–Kier alpha value is -1.68. The van der Waals surface area contributed by atoms with E-state index in [1.807, 2.05) is 24.3 Å². The molecule has 0 fully saturated rings. The number of rotatable bonds is 16. The number of hydrogen-bond donors (Lipinski definition) is 0. The molecule has 2 heterocycles. The summed E-state index contributed by atoms with van der Waals surface area (Å²) in [6.45, 7) is 1.60. The second-order valence-electron chi connectivity index (χ2n) is 7.91. The highest BCUT2D eigenvalue weighted by Crippen LogP contribution is 2.21. The molecule has 10 heteroatoms. The zero-order valence-corrected chi connectivity index (χ0v) is 21.7. The maximum atomic E-state index is 4.55. The van der Waals surface area contributed by atoms with E-state index < -0.39 is 0 Å². The zero-order valence-electron chi connectivity index (χ0n) is 18.5. The fourth-order valence-corrected chi connectivity index (χ4v) is 4.25. The van der Waals surface area contributed by atoms with E-state index in [4.69, 9.17) is 0 Å². The largest absolute Gasteiger partial charge is 0.204 e. The molecule has 0 atom stereocenters. The number of aromatic nitrogens is 8. The molecule has 3 aromatic rings. The standard InChI is InChI=1S/C22H32Br2N8/c23-14-7-3-1-5-9-16-31-27-21(25-29-31)19-12-11-13-20(18-19)22-26-30-32(28-22)17-10-6-2-4-8-15-24/h11-13,18H,1-10,14-17H2. The first-order chi connectivity index (χ1) is 15.8. The number of hydrogen-bond acceptors (Lipinski definition) is 6. The molecule has 0 radical (unpaired) electrons. The van der Waals surface area contributed by atoms with E-state index in [2.05, 4.69) is 62.7 Å². The van der Waals surface area contributed by atoms with Gasteiger partial charge in [-0.3, -0.25) is 0 Å². The van der Waals surface area contributed by atoms with E-state index in [0.717, 1.165) is 47.7 Å². The third kappa shape index (κ3) is 8.35. The Labute approximate surface area is 206 Å². The van der Waals surface area contributed by atoms with Crippen LogP contribution in [0.25, 0.3) is 22.8 Å². The Bertz CT molecular complexity index is 841. The Morgan fingerprint density at radius 2 is 1.03 bits per heavy atom. The third-order valence-electron chi connectivity index (χ3n) is 5.27. The summed E-state index contributed by atoms with van der Waals surface area (Å²) in [5.74, 6) is 1.25. The summed E-state index contributed by atoms with van der Waals surface area (Å²) in [4.78, 5) is 3.39. The topological polar surface area (TPSA) is 87.2 Å². The first-order valence-electron chi connectivity index (χ1n) is 11.6. The SMILES string of the molecule is BrCCCCCCCn1nnc(-c2cccc(-c3nnn(CCCCCCCBr)n3)c2)n1. The van der Waals surface area contributed by atoms with Gasteiger partial charge in [0.1, 0.15) is 0 Å². The molecule has 0 aliphatic heterocycles. The summed E-state index contributed by atoms with van der Waals surface area (Å²) in [6, 6.07) is 7.95. The Morgan fingerprint density at radius 1 is 0.594 bits per heavy atom. The minimum absolute atomic E-state index is 0.627. The van der Waals surface area contributed by atoms with E-state index in [9.17, 15) is 0 Å². The lowest BCUT2D eigenvalue weighted by atomic mass is 10.1. The van der Waals surface area contributed by atoms with Gasteiger partial charge in [0, 0.05) is 21.8 Å². The quantitative estimate of drug-likeness (QED) is 0.163. The summed E-state index contributed by atoms with van der Waals surface area (Å²) in [5.41, 5.74) is 1.82. The Kier molecular flexibility index (Phi) is 11.3. The predicted molar refractivity (Wildman–Crippen MR) is 134 cm³/mol. The van der Waals surface area contributed by atoms with Gasteiger partial charge in [-0.2, -0.15) is 9.59 Å². The van der Waals surface area contributed by atoms with Crippen molar-refractivity contribution in [3.63, 3.8) is 0 Å². The Morgan fingerprint density at radius 3 is 1.50 bits per heavy atom. The van der Waals surface area contributed by atoms with Crippen LogP contribution in [0.4, 0.5) is 0 Å². The lowest BCUT2D eigenvalue weighted by molar-refractivity contribution is 0.477. The molecule has 0 aliphatic carbocycles. The van der Waals surface area contributed by atoms with Gasteiger partial charge < -0.3 is 0 Å². The van der Waals surface area contributed by atoms with E-state index in [1.54, 1.807) is 9.59 Å². The number of alkyl halides is 2. The van der Waals surface area contributed by atoms with Crippen LogP contribution >= 0.6 is 31.9 Å². The third-order valence-corrected chi connectivity index (χ3v) is 6.39. The van der Waals surface area contributed by atoms with Crippen LogP contribution in [0.2, 0.25) is 0 Å². The van der Waals surface area contributed by atoms with E-state index in [-0.39, 0.29) is 0 Å². The fourth-order valence-electron chi connectivity index (χ4n) is 3.46. The van der Waals surface area contributed by atoms with Gasteiger partial charge in [-0.25, -0.2) is 0 Å². The predicted octanol–water partition coefficient (Wildman–Crippen LogP) is 5.68. The molecule has 0 saturated heterocycles. The highest BCUT2D eigenvalue weighted by atomic mass is 79.9. The van der Waals surface area contributed by atoms with Crippen LogP contribution in [0.3, 0.4) is 0 Å². The summed E-state index contributed by atoms with van der Waals surface area (Å²) in [5, 5.41) is 28.2. The van der Waals surface area contributed by atoms with Gasteiger partial charge in [-0.15, -0.1) is 20.4 Å². The first-order valence-corrected chi connectivity index (χ1v) is 13.8. The van der Waals surface area contributed by atoms with Gasteiger partial charge in [-0.1, -0.05) is 88.6 Å². The van der Waals surface area contributed by atoms with E-state index in [0.29, 0.717) is 11.6 Å². The van der Waals surface area contributed by atoms with Gasteiger partial charge in [0.05, 0.1) is 13.1 Å². The molecule has 0 N–H and O–H groups in total. The molecule has 0 spiro atoms. The normalized spacial score (nSPS) is 11.3. The van der Waals surface area contributed by atoms with Crippen LogP contribution in [-0.2, 0) is 13.1 Å². The van der Waals surface area contributed by atoms with Crippen molar-refractivity contribution in [2.75, 3.05) is 10.7 Å². The molecule has 0 aliphatic rings. The van der Waals surface area contributed by atoms with Gasteiger partial charge in [0.2, 0.25) is 11.6 Å². The summed E-state index contributed by atoms with van der Waals surface area (Å²) < 4.78 is 0. The first kappa shape index (κ1) is 25.0. The highest BCUT2D eigenvalue weighted by molar-refractivity contribution is 9.09. The molecule has 3 rings (SSSR count). The second-order valence-corrected chi connectivity index (χ2v) is 9.50. The molecule has 32 heavy (non-hydrogen) atoms. The summed E-state index contributed by atoms with van der Waals surface area (Å²) in [7, 11) is 0. The average Bonchev–Trinajstić information content (AvgIpc) is 3.49. The van der Waals surface area contributed by atoms with Crippen molar-refractivity contribution in [1.29, 1.82) is 0 Å². The lowest BCUT2D eigenvalue weighted by Gasteiger charge is -2.00. The van der Waals surface area contributed by atoms with Crippen molar-refractivity contribution in [2.24, 2.45) is 0 Å². The minimum Gasteiger partial charge on any atom is -0.164 e. The fraction of sp³-hybridized carbons (Fsp3) is 0.636. The van der Waals surface area contributed by atoms with Gasteiger partial charge in [-0.05, 0) is 42.2 Å². The molecular weight excluding hydrogens is 536 g/mol. The van der Waals surface area contributed by atoms with E-state index >= 15 is 0 Å². The number of unbranched alkanes of at least 4 members (excludes halogenated alkanes) is 8. The van der Waals surface area contributed by atoms with Crippen molar-refractivity contribution in [2.45, 2.75) is 77.3 Å². The van der Waals surface area contributed by atoms with Gasteiger partial charge >= 0.3 is 0 Å². The van der Waals surface area contributed by atoms with Crippen LogP contribution in [0.5, 0.6) is 0 Å².